The standard InChI is InChI=1S/C21H22N6O/c28-16-26-10-12-27(13-11-26)20-14-19(18-4-2-1-3-5-18)24-21(25-20)23-15-17-6-8-22-9-7-17/h1-9,14,16H,10-13,15H2,(H,23,24,25). The summed E-state index contributed by atoms with van der Waals surface area (Å²) in [4.78, 5) is 28.5. The van der Waals surface area contributed by atoms with Gasteiger partial charge in [0.25, 0.3) is 0 Å². The van der Waals surface area contributed by atoms with E-state index in [-0.39, 0.29) is 0 Å². The Morgan fingerprint density at radius 2 is 1.71 bits per heavy atom. The molecule has 0 bridgehead atoms. The second kappa shape index (κ2) is 8.47. The minimum absolute atomic E-state index is 0.589. The Morgan fingerprint density at radius 3 is 2.43 bits per heavy atom. The van der Waals surface area contributed by atoms with Crippen molar-refractivity contribution in [3.05, 3.63) is 66.5 Å². The summed E-state index contributed by atoms with van der Waals surface area (Å²) in [5.41, 5.74) is 3.04. The van der Waals surface area contributed by atoms with Crippen molar-refractivity contribution in [1.82, 2.24) is 19.9 Å². The van der Waals surface area contributed by atoms with Crippen LogP contribution in [0.1, 0.15) is 5.56 Å². The fraction of sp³-hybridized carbons (Fsp3) is 0.238. The lowest BCUT2D eigenvalue weighted by Crippen LogP contribution is -2.46. The van der Waals surface area contributed by atoms with Gasteiger partial charge >= 0.3 is 0 Å². The predicted octanol–water partition coefficient (Wildman–Crippen LogP) is 2.43. The van der Waals surface area contributed by atoms with E-state index in [1.807, 2.05) is 48.5 Å². The maximum Gasteiger partial charge on any atom is 0.225 e. The van der Waals surface area contributed by atoms with Gasteiger partial charge in [-0.25, -0.2) is 4.98 Å². The van der Waals surface area contributed by atoms with Crippen molar-refractivity contribution in [2.45, 2.75) is 6.54 Å². The van der Waals surface area contributed by atoms with Crippen LogP contribution < -0.4 is 10.2 Å². The minimum atomic E-state index is 0.589. The zero-order valence-corrected chi connectivity index (χ0v) is 15.5. The van der Waals surface area contributed by atoms with Crippen molar-refractivity contribution in [3.63, 3.8) is 0 Å². The van der Waals surface area contributed by atoms with Crippen LogP contribution in [-0.4, -0.2) is 52.4 Å². The highest BCUT2D eigenvalue weighted by molar-refractivity contribution is 5.65. The highest BCUT2D eigenvalue weighted by atomic mass is 16.1. The van der Waals surface area contributed by atoms with Gasteiger partial charge in [-0.15, -0.1) is 0 Å². The maximum absolute atomic E-state index is 11.0. The van der Waals surface area contributed by atoms with Crippen LogP contribution in [-0.2, 0) is 11.3 Å². The number of piperazine rings is 1. The van der Waals surface area contributed by atoms with E-state index in [1.54, 1.807) is 17.3 Å². The van der Waals surface area contributed by atoms with E-state index in [9.17, 15) is 4.79 Å². The van der Waals surface area contributed by atoms with Crippen LogP contribution in [0, 0.1) is 0 Å². The summed E-state index contributed by atoms with van der Waals surface area (Å²) in [5.74, 6) is 1.46. The molecule has 0 aliphatic carbocycles. The Kier molecular flexibility index (Phi) is 5.42. The Hall–Kier alpha value is -3.48. The van der Waals surface area contributed by atoms with E-state index in [4.69, 9.17) is 9.97 Å². The van der Waals surface area contributed by atoms with Crippen molar-refractivity contribution < 1.29 is 4.79 Å². The summed E-state index contributed by atoms with van der Waals surface area (Å²) in [5, 5.41) is 3.33. The SMILES string of the molecule is O=CN1CCN(c2cc(-c3ccccc3)nc(NCc3ccncc3)n2)CC1. The Bertz CT molecular complexity index is 911. The van der Waals surface area contributed by atoms with Gasteiger partial charge in [-0.3, -0.25) is 9.78 Å². The molecular formula is C21H22N6O. The van der Waals surface area contributed by atoms with E-state index >= 15 is 0 Å². The topological polar surface area (TPSA) is 74.2 Å². The van der Waals surface area contributed by atoms with Crippen LogP contribution in [0.15, 0.2) is 60.9 Å². The lowest BCUT2D eigenvalue weighted by Gasteiger charge is -2.33. The molecule has 1 aliphatic heterocycles. The molecule has 142 valence electrons. The van der Waals surface area contributed by atoms with Gasteiger partial charge in [0, 0.05) is 56.7 Å². The first-order valence-corrected chi connectivity index (χ1v) is 9.33. The molecule has 1 N–H and O–H groups in total. The number of carbonyl (C=O) groups excluding carboxylic acids is 1. The normalized spacial score (nSPS) is 14.0. The number of nitrogens with zero attached hydrogens (tertiary/aromatic N) is 5. The van der Waals surface area contributed by atoms with Crippen LogP contribution in [0.25, 0.3) is 11.3 Å². The highest BCUT2D eigenvalue weighted by Gasteiger charge is 2.18. The zero-order chi connectivity index (χ0) is 19.2. The molecule has 3 heterocycles. The third-order valence-electron chi connectivity index (χ3n) is 4.77. The Balaban J connectivity index is 1.60. The summed E-state index contributed by atoms with van der Waals surface area (Å²) in [6, 6.07) is 16.0. The number of hydrogen-bond donors (Lipinski definition) is 1. The summed E-state index contributed by atoms with van der Waals surface area (Å²) >= 11 is 0. The van der Waals surface area contributed by atoms with Gasteiger partial charge in [-0.1, -0.05) is 30.3 Å². The van der Waals surface area contributed by atoms with Gasteiger partial charge in [0.15, 0.2) is 0 Å². The van der Waals surface area contributed by atoms with Gasteiger partial charge in [-0.2, -0.15) is 4.98 Å². The molecule has 7 nitrogen and oxygen atoms in total. The Labute approximate surface area is 164 Å². The van der Waals surface area contributed by atoms with Crippen molar-refractivity contribution in [3.8, 4) is 11.3 Å². The second-order valence-corrected chi connectivity index (χ2v) is 6.64. The molecule has 1 saturated heterocycles. The van der Waals surface area contributed by atoms with Gasteiger partial charge in [0.2, 0.25) is 12.4 Å². The van der Waals surface area contributed by atoms with E-state index in [1.165, 1.54) is 0 Å². The van der Waals surface area contributed by atoms with Crippen LogP contribution in [0.5, 0.6) is 0 Å². The number of amides is 1. The fourth-order valence-corrected chi connectivity index (χ4v) is 3.17. The predicted molar refractivity (Wildman–Crippen MR) is 109 cm³/mol. The Morgan fingerprint density at radius 1 is 0.964 bits per heavy atom. The van der Waals surface area contributed by atoms with Crippen molar-refractivity contribution in [2.24, 2.45) is 0 Å². The summed E-state index contributed by atoms with van der Waals surface area (Å²) in [7, 11) is 0. The number of anilines is 2. The number of benzene rings is 1. The number of nitrogens with one attached hydrogen (secondary N) is 1. The third kappa shape index (κ3) is 4.25. The third-order valence-corrected chi connectivity index (χ3v) is 4.77. The molecule has 0 radical (unpaired) electrons. The molecular weight excluding hydrogens is 352 g/mol. The molecule has 0 spiro atoms. The van der Waals surface area contributed by atoms with Crippen LogP contribution in [0.2, 0.25) is 0 Å². The number of pyridine rings is 1. The van der Waals surface area contributed by atoms with Gasteiger partial charge in [0.05, 0.1) is 5.69 Å². The number of hydrogen-bond acceptors (Lipinski definition) is 6. The lowest BCUT2D eigenvalue weighted by atomic mass is 10.1. The molecule has 7 heteroatoms. The molecule has 0 atom stereocenters. The van der Waals surface area contributed by atoms with E-state index < -0.39 is 0 Å². The molecule has 4 rings (SSSR count). The second-order valence-electron chi connectivity index (χ2n) is 6.64. The molecule has 1 amide bonds. The van der Waals surface area contributed by atoms with E-state index in [2.05, 4.69) is 15.2 Å². The molecule has 0 saturated carbocycles. The van der Waals surface area contributed by atoms with Gasteiger partial charge in [0.1, 0.15) is 5.82 Å². The van der Waals surface area contributed by atoms with Gasteiger partial charge < -0.3 is 15.1 Å². The number of aromatic nitrogens is 3. The summed E-state index contributed by atoms with van der Waals surface area (Å²) in [6.45, 7) is 3.54. The van der Waals surface area contributed by atoms with Gasteiger partial charge in [-0.05, 0) is 17.7 Å². The zero-order valence-electron chi connectivity index (χ0n) is 15.5. The summed E-state index contributed by atoms with van der Waals surface area (Å²) < 4.78 is 0. The molecule has 1 aromatic carbocycles. The number of rotatable bonds is 6. The molecule has 2 aromatic heterocycles. The minimum Gasteiger partial charge on any atom is -0.353 e. The van der Waals surface area contributed by atoms with Crippen molar-refractivity contribution in [2.75, 3.05) is 36.4 Å². The van der Waals surface area contributed by atoms with Crippen LogP contribution in [0.3, 0.4) is 0 Å². The first kappa shape index (κ1) is 17.9. The first-order chi connectivity index (χ1) is 13.8. The number of carbonyl (C=O) groups is 1. The molecule has 0 unspecified atom stereocenters. The summed E-state index contributed by atoms with van der Waals surface area (Å²) in [6.07, 6.45) is 4.46. The molecule has 1 aliphatic rings. The largest absolute Gasteiger partial charge is 0.353 e. The molecule has 1 fully saturated rings. The highest BCUT2D eigenvalue weighted by Crippen LogP contribution is 2.24. The smallest absolute Gasteiger partial charge is 0.225 e. The fourth-order valence-electron chi connectivity index (χ4n) is 3.17. The van der Waals surface area contributed by atoms with Crippen molar-refractivity contribution in [1.29, 1.82) is 0 Å². The average molecular weight is 374 g/mol. The maximum atomic E-state index is 11.0. The molecule has 3 aromatic rings. The van der Waals surface area contributed by atoms with E-state index in [0.29, 0.717) is 25.6 Å². The quantitative estimate of drug-likeness (QED) is 0.668. The van der Waals surface area contributed by atoms with E-state index in [0.717, 1.165) is 42.1 Å². The van der Waals surface area contributed by atoms with Crippen molar-refractivity contribution >= 4 is 18.2 Å². The average Bonchev–Trinajstić information content (AvgIpc) is 2.79. The van der Waals surface area contributed by atoms with Crippen LogP contribution in [0.4, 0.5) is 11.8 Å². The first-order valence-electron chi connectivity index (χ1n) is 9.33. The molecule has 28 heavy (non-hydrogen) atoms. The monoisotopic (exact) mass is 374 g/mol. The lowest BCUT2D eigenvalue weighted by molar-refractivity contribution is -0.118. The van der Waals surface area contributed by atoms with Crippen LogP contribution >= 0.6 is 0 Å².